The topological polar surface area (TPSA) is 90.0 Å². The molecule has 0 unspecified atom stereocenters. The first kappa shape index (κ1) is 28.9. The maximum Gasteiger partial charge on any atom is 0.401 e. The molecule has 2 amide bonds. The summed E-state index contributed by atoms with van der Waals surface area (Å²) in [7, 11) is 1.54. The lowest BCUT2D eigenvalue weighted by molar-refractivity contribution is -0.159. The number of alkyl halides is 3. The quantitative estimate of drug-likeness (QED) is 0.523. The van der Waals surface area contributed by atoms with E-state index in [9.17, 15) is 32.7 Å². The summed E-state index contributed by atoms with van der Waals surface area (Å²) in [6, 6.07) is -2.49. The third-order valence-electron chi connectivity index (χ3n) is 5.93. The van der Waals surface area contributed by atoms with Gasteiger partial charge in [0, 0.05) is 12.6 Å². The number of nitrogens with zero attached hydrogens (tertiary/aromatic N) is 2. The smallest absolute Gasteiger partial charge is 0.401 e. The number of rotatable bonds is 8. The highest BCUT2D eigenvalue weighted by atomic mass is 19.4. The van der Waals surface area contributed by atoms with Gasteiger partial charge >= 0.3 is 12.1 Å². The van der Waals surface area contributed by atoms with Crippen LogP contribution in [0.3, 0.4) is 0 Å². The van der Waals surface area contributed by atoms with Gasteiger partial charge in [-0.25, -0.2) is 4.79 Å². The molecule has 0 aromatic rings. The molecule has 190 valence electrons. The Balaban J connectivity index is 3.16. The average Bonchev–Trinajstić information content (AvgIpc) is 2.66. The van der Waals surface area contributed by atoms with E-state index < -0.39 is 54.0 Å². The number of carboxylic acids is 1. The number of hydrogen-bond donors (Lipinski definition) is 2. The van der Waals surface area contributed by atoms with Gasteiger partial charge in [0.05, 0.1) is 18.6 Å². The first-order chi connectivity index (χ1) is 15.0. The normalized spacial score (nSPS) is 20.3. The zero-order valence-electron chi connectivity index (χ0n) is 20.6. The lowest BCUT2D eigenvalue weighted by Gasteiger charge is -2.40. The van der Waals surface area contributed by atoms with Crippen molar-refractivity contribution < 1.29 is 32.7 Å². The molecule has 33 heavy (non-hydrogen) atoms. The highest BCUT2D eigenvalue weighted by Gasteiger charge is 2.41. The van der Waals surface area contributed by atoms with E-state index in [0.717, 1.165) is 4.90 Å². The van der Waals surface area contributed by atoms with Crippen LogP contribution in [0.1, 0.15) is 60.8 Å². The van der Waals surface area contributed by atoms with Gasteiger partial charge in [-0.1, -0.05) is 47.1 Å². The second kappa shape index (κ2) is 11.4. The molecule has 1 rings (SSSR count). The molecule has 0 bridgehead atoms. The molecule has 0 aliphatic carbocycles. The number of nitrogens with one attached hydrogen (secondary N) is 1. The Morgan fingerprint density at radius 3 is 2.21 bits per heavy atom. The Kier molecular flexibility index (Phi) is 9.95. The Morgan fingerprint density at radius 2 is 1.76 bits per heavy atom. The summed E-state index contributed by atoms with van der Waals surface area (Å²) in [6.07, 6.45) is -1.42. The average molecular weight is 478 g/mol. The number of amides is 2. The monoisotopic (exact) mass is 477 g/mol. The SMILES string of the molecule is C/C(=C\[C@H](C(C)C)N(C)C(=O)[C@@H](NC(=O)[C@H]1CCCCN1CC(F)(F)F)C(C)(C)C)C(=O)O. The Morgan fingerprint density at radius 1 is 1.18 bits per heavy atom. The first-order valence-electron chi connectivity index (χ1n) is 11.2. The van der Waals surface area contributed by atoms with Crippen molar-refractivity contribution in [1.82, 2.24) is 15.1 Å². The Bertz CT molecular complexity index is 744. The molecule has 0 saturated carbocycles. The van der Waals surface area contributed by atoms with E-state index in [1.54, 1.807) is 27.8 Å². The number of halogens is 3. The molecular weight excluding hydrogens is 439 g/mol. The van der Waals surface area contributed by atoms with E-state index in [-0.39, 0.29) is 24.5 Å². The van der Waals surface area contributed by atoms with Crippen LogP contribution in [0.5, 0.6) is 0 Å². The van der Waals surface area contributed by atoms with Crippen molar-refractivity contribution in [2.24, 2.45) is 11.3 Å². The Hall–Kier alpha value is -2.10. The van der Waals surface area contributed by atoms with Crippen molar-refractivity contribution in [2.45, 2.75) is 85.1 Å². The zero-order chi connectivity index (χ0) is 25.7. The highest BCUT2D eigenvalue weighted by Crippen LogP contribution is 2.27. The largest absolute Gasteiger partial charge is 0.478 e. The van der Waals surface area contributed by atoms with Gasteiger partial charge in [0.1, 0.15) is 6.04 Å². The molecule has 2 N–H and O–H groups in total. The molecule has 0 spiro atoms. The van der Waals surface area contributed by atoms with Crippen LogP contribution in [0.4, 0.5) is 13.2 Å². The minimum atomic E-state index is -4.42. The molecule has 0 aromatic heterocycles. The van der Waals surface area contributed by atoms with Crippen molar-refractivity contribution in [3.05, 3.63) is 11.6 Å². The minimum Gasteiger partial charge on any atom is -0.478 e. The van der Waals surface area contributed by atoms with Crippen LogP contribution in [0.15, 0.2) is 11.6 Å². The molecule has 1 aliphatic heterocycles. The predicted octanol–water partition coefficient (Wildman–Crippen LogP) is 3.45. The fourth-order valence-electron chi connectivity index (χ4n) is 4.02. The third-order valence-corrected chi connectivity index (χ3v) is 5.93. The van der Waals surface area contributed by atoms with Crippen LogP contribution < -0.4 is 5.32 Å². The van der Waals surface area contributed by atoms with E-state index in [1.165, 1.54) is 17.9 Å². The zero-order valence-corrected chi connectivity index (χ0v) is 20.6. The van der Waals surface area contributed by atoms with Crippen molar-refractivity contribution in [3.63, 3.8) is 0 Å². The Labute approximate surface area is 194 Å². The first-order valence-corrected chi connectivity index (χ1v) is 11.2. The van der Waals surface area contributed by atoms with E-state index in [0.29, 0.717) is 12.8 Å². The molecule has 10 heteroatoms. The maximum atomic E-state index is 13.5. The summed E-state index contributed by atoms with van der Waals surface area (Å²) in [6.45, 7) is 9.43. The van der Waals surface area contributed by atoms with Gasteiger partial charge in [0.15, 0.2) is 0 Å². The maximum absolute atomic E-state index is 13.5. The number of carbonyl (C=O) groups is 3. The van der Waals surface area contributed by atoms with E-state index in [1.807, 2.05) is 13.8 Å². The second-order valence-corrected chi connectivity index (χ2v) is 10.2. The van der Waals surface area contributed by atoms with E-state index >= 15 is 0 Å². The lowest BCUT2D eigenvalue weighted by Crippen LogP contribution is -2.60. The predicted molar refractivity (Wildman–Crippen MR) is 119 cm³/mol. The number of carboxylic acid groups (broad SMARTS) is 1. The fraction of sp³-hybridized carbons (Fsp3) is 0.783. The van der Waals surface area contributed by atoms with Gasteiger partial charge in [0.25, 0.3) is 0 Å². The number of aliphatic carboxylic acids is 1. The van der Waals surface area contributed by atoms with E-state index in [4.69, 9.17) is 0 Å². The van der Waals surface area contributed by atoms with Gasteiger partial charge in [-0.05, 0) is 37.6 Å². The number of carbonyl (C=O) groups excluding carboxylic acids is 2. The van der Waals surface area contributed by atoms with Crippen LogP contribution in [-0.4, -0.2) is 77.1 Å². The molecular formula is C23H38F3N3O4. The van der Waals surface area contributed by atoms with E-state index in [2.05, 4.69) is 5.32 Å². The summed E-state index contributed by atoms with van der Waals surface area (Å²) >= 11 is 0. The van der Waals surface area contributed by atoms with Crippen molar-refractivity contribution in [1.29, 1.82) is 0 Å². The number of piperidine rings is 1. The van der Waals surface area contributed by atoms with Gasteiger partial charge < -0.3 is 15.3 Å². The number of likely N-dealkylation sites (N-methyl/N-ethyl adjacent to an activating group) is 1. The van der Waals surface area contributed by atoms with Gasteiger partial charge in [-0.3, -0.25) is 14.5 Å². The summed E-state index contributed by atoms with van der Waals surface area (Å²) in [5, 5.41) is 11.9. The van der Waals surface area contributed by atoms with Crippen molar-refractivity contribution in [3.8, 4) is 0 Å². The molecule has 0 aromatic carbocycles. The highest BCUT2D eigenvalue weighted by molar-refractivity contribution is 5.91. The van der Waals surface area contributed by atoms with Crippen LogP contribution in [-0.2, 0) is 14.4 Å². The summed E-state index contributed by atoms with van der Waals surface area (Å²) < 4.78 is 39.0. The standard InChI is InChI=1S/C23H38F3N3O4/c1-14(2)17(12-15(3)21(32)33)28(7)20(31)18(22(4,5)6)27-19(30)16-10-8-9-11-29(16)13-23(24,25)26/h12,14,16-18H,8-11,13H2,1-7H3,(H,27,30)(H,32,33)/b15-12+/t16-,17-,18-/m1/s1. The second-order valence-electron chi connectivity index (χ2n) is 10.2. The van der Waals surface area contributed by atoms with Crippen LogP contribution in [0.2, 0.25) is 0 Å². The summed E-state index contributed by atoms with van der Waals surface area (Å²) in [4.78, 5) is 40.3. The number of hydrogen-bond acceptors (Lipinski definition) is 4. The van der Waals surface area contributed by atoms with Gasteiger partial charge in [-0.2, -0.15) is 13.2 Å². The lowest BCUT2D eigenvalue weighted by atomic mass is 9.84. The van der Waals surface area contributed by atoms with Crippen LogP contribution >= 0.6 is 0 Å². The number of likely N-dealkylation sites (tertiary alicyclic amines) is 1. The third kappa shape index (κ3) is 8.64. The molecule has 7 nitrogen and oxygen atoms in total. The van der Waals surface area contributed by atoms with Crippen molar-refractivity contribution in [2.75, 3.05) is 20.1 Å². The van der Waals surface area contributed by atoms with Crippen LogP contribution in [0, 0.1) is 11.3 Å². The molecule has 1 saturated heterocycles. The molecule has 0 radical (unpaired) electrons. The van der Waals surface area contributed by atoms with Gasteiger partial charge in [0.2, 0.25) is 11.8 Å². The fourth-order valence-corrected chi connectivity index (χ4v) is 4.02. The van der Waals surface area contributed by atoms with Crippen LogP contribution in [0.25, 0.3) is 0 Å². The molecule has 1 heterocycles. The minimum absolute atomic E-state index is 0.0923. The van der Waals surface area contributed by atoms with Crippen molar-refractivity contribution >= 4 is 17.8 Å². The molecule has 1 aliphatic rings. The van der Waals surface area contributed by atoms with Gasteiger partial charge in [-0.15, -0.1) is 0 Å². The summed E-state index contributed by atoms with van der Waals surface area (Å²) in [5.41, 5.74) is -0.632. The summed E-state index contributed by atoms with van der Waals surface area (Å²) in [5.74, 6) is -2.23. The molecule has 3 atom stereocenters. The molecule has 1 fully saturated rings.